The minimum Gasteiger partial charge on any atom is -0.339 e. The van der Waals surface area contributed by atoms with Gasteiger partial charge in [-0.1, -0.05) is 13.0 Å². The molecule has 0 radical (unpaired) electrons. The van der Waals surface area contributed by atoms with Gasteiger partial charge < -0.3 is 9.80 Å². The van der Waals surface area contributed by atoms with Crippen molar-refractivity contribution in [3.8, 4) is 0 Å². The second kappa shape index (κ2) is 6.77. The number of piperazine rings is 1. The van der Waals surface area contributed by atoms with Gasteiger partial charge in [0.1, 0.15) is 0 Å². The van der Waals surface area contributed by atoms with Crippen LogP contribution in [-0.2, 0) is 4.79 Å². The number of hydrogen-bond acceptors (Lipinski definition) is 3. The van der Waals surface area contributed by atoms with E-state index < -0.39 is 0 Å². The van der Waals surface area contributed by atoms with E-state index in [4.69, 9.17) is 0 Å². The average Bonchev–Trinajstić information content (AvgIpc) is 2.61. The summed E-state index contributed by atoms with van der Waals surface area (Å²) in [6.45, 7) is 4.45. The molecule has 1 aliphatic rings. The zero-order valence-corrected chi connectivity index (χ0v) is 13.4. The summed E-state index contributed by atoms with van der Waals surface area (Å²) in [5, 5.41) is 0.968. The molecule has 1 aliphatic heterocycles. The molecule has 1 saturated heterocycles. The lowest BCUT2D eigenvalue weighted by molar-refractivity contribution is -0.132. The largest absolute Gasteiger partial charge is 0.339 e. The molecule has 1 aromatic heterocycles. The fourth-order valence-electron chi connectivity index (χ4n) is 2.92. The van der Waals surface area contributed by atoms with Gasteiger partial charge in [0, 0.05) is 49.7 Å². The van der Waals surface area contributed by atoms with E-state index in [0.717, 1.165) is 17.3 Å². The van der Waals surface area contributed by atoms with Gasteiger partial charge in [-0.15, -0.1) is 0 Å². The maximum Gasteiger partial charge on any atom is 0.253 e. The molecule has 120 valence electrons. The van der Waals surface area contributed by atoms with Gasteiger partial charge in [-0.3, -0.25) is 14.6 Å². The molecule has 0 spiro atoms. The van der Waals surface area contributed by atoms with Crippen LogP contribution in [0.15, 0.2) is 36.5 Å². The Morgan fingerprint density at radius 2 is 1.83 bits per heavy atom. The van der Waals surface area contributed by atoms with Gasteiger partial charge in [-0.2, -0.15) is 0 Å². The number of benzene rings is 1. The zero-order chi connectivity index (χ0) is 16.2. The van der Waals surface area contributed by atoms with Crippen LogP contribution in [0.1, 0.15) is 30.1 Å². The highest BCUT2D eigenvalue weighted by Crippen LogP contribution is 2.16. The van der Waals surface area contributed by atoms with E-state index >= 15 is 0 Å². The van der Waals surface area contributed by atoms with E-state index in [1.54, 1.807) is 6.20 Å². The molecule has 3 rings (SSSR count). The number of carbonyl (C=O) groups excluding carboxylic acids is 2. The fraction of sp³-hybridized carbons (Fsp3) is 0.389. The molecule has 5 nitrogen and oxygen atoms in total. The molecule has 1 aromatic carbocycles. The summed E-state index contributed by atoms with van der Waals surface area (Å²) >= 11 is 0. The summed E-state index contributed by atoms with van der Waals surface area (Å²) in [5.41, 5.74) is 1.57. The molecule has 0 N–H and O–H groups in total. The zero-order valence-electron chi connectivity index (χ0n) is 13.4. The number of amides is 2. The summed E-state index contributed by atoms with van der Waals surface area (Å²) in [5.74, 6) is 0.217. The van der Waals surface area contributed by atoms with Gasteiger partial charge in [0.2, 0.25) is 5.91 Å². The maximum atomic E-state index is 12.6. The van der Waals surface area contributed by atoms with Gasteiger partial charge in [0.15, 0.2) is 0 Å². The summed E-state index contributed by atoms with van der Waals surface area (Å²) < 4.78 is 0. The third-order valence-electron chi connectivity index (χ3n) is 4.23. The quantitative estimate of drug-likeness (QED) is 0.874. The molecule has 0 saturated carbocycles. The van der Waals surface area contributed by atoms with Crippen molar-refractivity contribution >= 4 is 22.7 Å². The minimum atomic E-state index is 0.0262. The second-order valence-electron chi connectivity index (χ2n) is 5.83. The van der Waals surface area contributed by atoms with Crippen LogP contribution in [0.2, 0.25) is 0 Å². The SMILES string of the molecule is CCCC(=O)N1CCN(C(=O)c2ccc3ncccc3c2)CC1. The molecule has 1 fully saturated rings. The third kappa shape index (κ3) is 3.33. The topological polar surface area (TPSA) is 53.5 Å². The van der Waals surface area contributed by atoms with Crippen LogP contribution in [0.5, 0.6) is 0 Å². The standard InChI is InChI=1S/C18H21N3O2/c1-2-4-17(22)20-9-11-21(12-10-20)18(23)15-6-7-16-14(13-15)5-3-8-19-16/h3,5-8,13H,2,4,9-12H2,1H3. The van der Waals surface area contributed by atoms with Crippen LogP contribution in [0.25, 0.3) is 10.9 Å². The normalized spacial score (nSPS) is 15.0. The van der Waals surface area contributed by atoms with E-state index in [-0.39, 0.29) is 11.8 Å². The van der Waals surface area contributed by atoms with Crippen LogP contribution in [0, 0.1) is 0 Å². The first-order valence-corrected chi connectivity index (χ1v) is 8.11. The van der Waals surface area contributed by atoms with E-state index in [9.17, 15) is 9.59 Å². The maximum absolute atomic E-state index is 12.6. The highest BCUT2D eigenvalue weighted by Gasteiger charge is 2.24. The number of fused-ring (bicyclic) bond motifs is 1. The molecular formula is C18H21N3O2. The molecule has 5 heteroatoms. The van der Waals surface area contributed by atoms with Crippen molar-refractivity contribution in [2.24, 2.45) is 0 Å². The van der Waals surface area contributed by atoms with E-state index in [0.29, 0.717) is 38.2 Å². The first-order valence-electron chi connectivity index (χ1n) is 8.11. The predicted octanol–water partition coefficient (Wildman–Crippen LogP) is 2.32. The van der Waals surface area contributed by atoms with Crippen molar-refractivity contribution in [1.29, 1.82) is 0 Å². The van der Waals surface area contributed by atoms with Crippen LogP contribution >= 0.6 is 0 Å². The summed E-state index contributed by atoms with van der Waals surface area (Å²) in [6, 6.07) is 9.42. The first kappa shape index (κ1) is 15.5. The number of pyridine rings is 1. The van der Waals surface area contributed by atoms with Crippen molar-refractivity contribution in [3.05, 3.63) is 42.1 Å². The van der Waals surface area contributed by atoms with Crippen molar-refractivity contribution in [2.75, 3.05) is 26.2 Å². The number of hydrogen-bond donors (Lipinski definition) is 0. The van der Waals surface area contributed by atoms with Gasteiger partial charge >= 0.3 is 0 Å². The van der Waals surface area contributed by atoms with Crippen LogP contribution in [0.4, 0.5) is 0 Å². The van der Waals surface area contributed by atoms with Crippen LogP contribution < -0.4 is 0 Å². The number of nitrogens with zero attached hydrogens (tertiary/aromatic N) is 3. The lowest BCUT2D eigenvalue weighted by Crippen LogP contribution is -2.50. The smallest absolute Gasteiger partial charge is 0.253 e. The van der Waals surface area contributed by atoms with E-state index in [1.165, 1.54) is 0 Å². The number of rotatable bonds is 3. The molecule has 0 bridgehead atoms. The number of carbonyl (C=O) groups is 2. The van der Waals surface area contributed by atoms with Gasteiger partial charge in [-0.05, 0) is 30.7 Å². The summed E-state index contributed by atoms with van der Waals surface area (Å²) in [4.78, 5) is 32.5. The molecule has 2 aromatic rings. The average molecular weight is 311 g/mol. The Kier molecular flexibility index (Phi) is 4.55. The van der Waals surface area contributed by atoms with Crippen molar-refractivity contribution < 1.29 is 9.59 Å². The molecule has 0 aliphatic carbocycles. The Morgan fingerprint density at radius 3 is 2.57 bits per heavy atom. The van der Waals surface area contributed by atoms with Crippen LogP contribution in [-0.4, -0.2) is 52.8 Å². The summed E-state index contributed by atoms with van der Waals surface area (Å²) in [6.07, 6.45) is 3.20. The van der Waals surface area contributed by atoms with Gasteiger partial charge in [-0.25, -0.2) is 0 Å². The molecular weight excluding hydrogens is 290 g/mol. The minimum absolute atomic E-state index is 0.0262. The van der Waals surface area contributed by atoms with Gasteiger partial charge in [0.25, 0.3) is 5.91 Å². The van der Waals surface area contributed by atoms with Crippen molar-refractivity contribution in [3.63, 3.8) is 0 Å². The van der Waals surface area contributed by atoms with Crippen molar-refractivity contribution in [1.82, 2.24) is 14.8 Å². The third-order valence-corrected chi connectivity index (χ3v) is 4.23. The Hall–Kier alpha value is -2.43. The Morgan fingerprint density at radius 1 is 1.09 bits per heavy atom. The monoisotopic (exact) mass is 311 g/mol. The van der Waals surface area contributed by atoms with Crippen molar-refractivity contribution in [2.45, 2.75) is 19.8 Å². The Balaban J connectivity index is 1.67. The molecule has 23 heavy (non-hydrogen) atoms. The second-order valence-corrected chi connectivity index (χ2v) is 5.83. The van der Waals surface area contributed by atoms with E-state index in [1.807, 2.05) is 47.1 Å². The van der Waals surface area contributed by atoms with Crippen LogP contribution in [0.3, 0.4) is 0 Å². The lowest BCUT2D eigenvalue weighted by Gasteiger charge is -2.35. The highest BCUT2D eigenvalue weighted by atomic mass is 16.2. The molecule has 0 atom stereocenters. The predicted molar refractivity (Wildman–Crippen MR) is 89.1 cm³/mol. The lowest BCUT2D eigenvalue weighted by atomic mass is 10.1. The number of aromatic nitrogens is 1. The molecule has 2 heterocycles. The Bertz CT molecular complexity index is 721. The summed E-state index contributed by atoms with van der Waals surface area (Å²) in [7, 11) is 0. The first-order chi connectivity index (χ1) is 11.2. The van der Waals surface area contributed by atoms with Gasteiger partial charge in [0.05, 0.1) is 5.52 Å². The Labute approximate surface area is 135 Å². The highest BCUT2D eigenvalue weighted by molar-refractivity contribution is 5.98. The van der Waals surface area contributed by atoms with E-state index in [2.05, 4.69) is 4.98 Å². The fourth-order valence-corrected chi connectivity index (χ4v) is 2.92. The molecule has 2 amide bonds. The molecule has 0 unspecified atom stereocenters.